The molecular weight excluding hydrogens is 340 g/mol. The second-order valence-corrected chi connectivity index (χ2v) is 5.26. The van der Waals surface area contributed by atoms with Crippen molar-refractivity contribution in [2.75, 3.05) is 0 Å². The van der Waals surface area contributed by atoms with Crippen LogP contribution < -0.4 is 5.73 Å². The molecule has 1 atom stereocenters. The first-order valence-electron chi connectivity index (χ1n) is 5.98. The van der Waals surface area contributed by atoms with Gasteiger partial charge >= 0.3 is 6.18 Å². The van der Waals surface area contributed by atoms with Crippen LogP contribution in [0.5, 0.6) is 0 Å². The van der Waals surface area contributed by atoms with Crippen molar-refractivity contribution in [1.29, 1.82) is 0 Å². The van der Waals surface area contributed by atoms with Crippen LogP contribution in [0.2, 0.25) is 10.0 Å². The molecule has 2 aromatic rings. The standard InChI is InChI=1S/C14H9Cl2F3N2O/c15-8-3-1-7(2-4-8)10(13(20)22)12-11(16)9(5-6-21-12)14(17,18)19/h1-6,10H,(H2,20,22). The van der Waals surface area contributed by atoms with Gasteiger partial charge < -0.3 is 5.73 Å². The van der Waals surface area contributed by atoms with Crippen molar-refractivity contribution in [2.24, 2.45) is 5.73 Å². The van der Waals surface area contributed by atoms with E-state index in [9.17, 15) is 18.0 Å². The molecule has 8 heteroatoms. The third-order valence-electron chi connectivity index (χ3n) is 2.98. The summed E-state index contributed by atoms with van der Waals surface area (Å²) >= 11 is 11.5. The zero-order valence-corrected chi connectivity index (χ0v) is 12.4. The molecule has 0 radical (unpaired) electrons. The highest BCUT2D eigenvalue weighted by Crippen LogP contribution is 2.38. The zero-order chi connectivity index (χ0) is 16.5. The minimum atomic E-state index is -4.66. The van der Waals surface area contributed by atoms with E-state index in [-0.39, 0.29) is 5.69 Å². The third kappa shape index (κ3) is 3.34. The first-order chi connectivity index (χ1) is 10.2. The normalized spacial score (nSPS) is 13.0. The maximum Gasteiger partial charge on any atom is 0.417 e. The van der Waals surface area contributed by atoms with Crippen LogP contribution in [0, 0.1) is 0 Å². The highest BCUT2D eigenvalue weighted by atomic mass is 35.5. The molecule has 0 aliphatic carbocycles. The average Bonchev–Trinajstić information content (AvgIpc) is 2.41. The number of nitrogens with two attached hydrogens (primary N) is 1. The minimum absolute atomic E-state index is 0.244. The molecule has 1 aromatic carbocycles. The lowest BCUT2D eigenvalue weighted by atomic mass is 9.93. The van der Waals surface area contributed by atoms with Gasteiger partial charge in [0.25, 0.3) is 0 Å². The van der Waals surface area contributed by atoms with E-state index in [1.807, 2.05) is 0 Å². The maximum atomic E-state index is 12.9. The Labute approximate surface area is 133 Å². The van der Waals surface area contributed by atoms with Crippen LogP contribution in [0.15, 0.2) is 36.5 Å². The smallest absolute Gasteiger partial charge is 0.369 e. The molecule has 22 heavy (non-hydrogen) atoms. The Kier molecular flexibility index (Phi) is 4.63. The van der Waals surface area contributed by atoms with Gasteiger partial charge in [-0.05, 0) is 23.8 Å². The van der Waals surface area contributed by atoms with Crippen molar-refractivity contribution >= 4 is 29.1 Å². The Morgan fingerprint density at radius 3 is 2.23 bits per heavy atom. The van der Waals surface area contributed by atoms with Crippen LogP contribution in [-0.2, 0) is 11.0 Å². The van der Waals surface area contributed by atoms with Gasteiger partial charge in [0.15, 0.2) is 0 Å². The van der Waals surface area contributed by atoms with Gasteiger partial charge in [-0.15, -0.1) is 0 Å². The lowest BCUT2D eigenvalue weighted by molar-refractivity contribution is -0.137. The second kappa shape index (κ2) is 6.14. The number of aromatic nitrogens is 1. The summed E-state index contributed by atoms with van der Waals surface area (Å²) in [4.78, 5) is 15.5. The lowest BCUT2D eigenvalue weighted by Gasteiger charge is -2.17. The van der Waals surface area contributed by atoms with Crippen LogP contribution >= 0.6 is 23.2 Å². The summed E-state index contributed by atoms with van der Waals surface area (Å²) in [5.74, 6) is -2.07. The van der Waals surface area contributed by atoms with E-state index >= 15 is 0 Å². The van der Waals surface area contributed by atoms with Crippen LogP contribution in [0.1, 0.15) is 22.7 Å². The summed E-state index contributed by atoms with van der Waals surface area (Å²) in [6.07, 6.45) is -3.72. The molecule has 1 aromatic heterocycles. The molecule has 116 valence electrons. The summed E-state index contributed by atoms with van der Waals surface area (Å²) in [6, 6.07) is 6.69. The molecule has 1 heterocycles. The minimum Gasteiger partial charge on any atom is -0.369 e. The van der Waals surface area contributed by atoms with Crippen LogP contribution in [0.3, 0.4) is 0 Å². The van der Waals surface area contributed by atoms with Crippen LogP contribution in [0.4, 0.5) is 13.2 Å². The molecule has 3 nitrogen and oxygen atoms in total. The van der Waals surface area contributed by atoms with E-state index in [2.05, 4.69) is 4.98 Å². The number of benzene rings is 1. The molecule has 0 spiro atoms. The van der Waals surface area contributed by atoms with Crippen molar-refractivity contribution in [1.82, 2.24) is 4.98 Å². The van der Waals surface area contributed by atoms with Crippen molar-refractivity contribution < 1.29 is 18.0 Å². The largest absolute Gasteiger partial charge is 0.417 e. The molecule has 0 saturated heterocycles. The number of carbonyl (C=O) groups is 1. The molecule has 1 amide bonds. The van der Waals surface area contributed by atoms with Crippen molar-refractivity contribution in [2.45, 2.75) is 12.1 Å². The van der Waals surface area contributed by atoms with E-state index < -0.39 is 28.6 Å². The number of hydrogen-bond donors (Lipinski definition) is 1. The Hall–Kier alpha value is -1.79. The zero-order valence-electron chi connectivity index (χ0n) is 10.9. The molecule has 0 fully saturated rings. The number of primary amides is 1. The van der Waals surface area contributed by atoms with Gasteiger partial charge in [0, 0.05) is 11.2 Å². The predicted molar refractivity (Wildman–Crippen MR) is 76.7 cm³/mol. The van der Waals surface area contributed by atoms with Gasteiger partial charge in [-0.3, -0.25) is 9.78 Å². The van der Waals surface area contributed by atoms with Gasteiger partial charge in [0.1, 0.15) is 5.92 Å². The van der Waals surface area contributed by atoms with Gasteiger partial charge in [-0.2, -0.15) is 13.2 Å². The molecular formula is C14H9Cl2F3N2O. The third-order valence-corrected chi connectivity index (χ3v) is 3.63. The van der Waals surface area contributed by atoms with Gasteiger partial charge in [-0.1, -0.05) is 35.3 Å². The van der Waals surface area contributed by atoms with Crippen molar-refractivity contribution in [3.63, 3.8) is 0 Å². The molecule has 0 saturated carbocycles. The fourth-order valence-corrected chi connectivity index (χ4v) is 2.45. The lowest BCUT2D eigenvalue weighted by Crippen LogP contribution is -2.24. The highest BCUT2D eigenvalue weighted by Gasteiger charge is 2.36. The fraction of sp³-hybridized carbons (Fsp3) is 0.143. The molecule has 1 unspecified atom stereocenters. The van der Waals surface area contributed by atoms with E-state index in [1.165, 1.54) is 24.3 Å². The Morgan fingerprint density at radius 2 is 1.73 bits per heavy atom. The summed E-state index contributed by atoms with van der Waals surface area (Å²) in [5.41, 5.74) is 4.35. The van der Waals surface area contributed by atoms with E-state index in [0.717, 1.165) is 12.3 Å². The molecule has 0 bridgehead atoms. The Balaban J connectivity index is 2.60. The van der Waals surface area contributed by atoms with Crippen molar-refractivity contribution in [3.05, 3.63) is 63.4 Å². The second-order valence-electron chi connectivity index (χ2n) is 4.44. The molecule has 0 aliphatic rings. The van der Waals surface area contributed by atoms with Gasteiger partial charge in [0.2, 0.25) is 5.91 Å². The van der Waals surface area contributed by atoms with Gasteiger partial charge in [0.05, 0.1) is 16.3 Å². The maximum absolute atomic E-state index is 12.9. The monoisotopic (exact) mass is 348 g/mol. The fourth-order valence-electron chi connectivity index (χ4n) is 1.99. The SMILES string of the molecule is NC(=O)C(c1ccc(Cl)cc1)c1nccc(C(F)(F)F)c1Cl. The predicted octanol–water partition coefficient (Wildman–Crippen LogP) is 4.02. The van der Waals surface area contributed by atoms with Crippen LogP contribution in [0.25, 0.3) is 0 Å². The molecule has 2 rings (SSSR count). The Morgan fingerprint density at radius 1 is 1.14 bits per heavy atom. The molecule has 2 N–H and O–H groups in total. The first-order valence-corrected chi connectivity index (χ1v) is 6.73. The number of carbonyl (C=O) groups excluding carboxylic acids is 1. The van der Waals surface area contributed by atoms with Gasteiger partial charge in [-0.25, -0.2) is 0 Å². The average molecular weight is 349 g/mol. The van der Waals surface area contributed by atoms with Crippen LogP contribution in [-0.4, -0.2) is 10.9 Å². The van der Waals surface area contributed by atoms with E-state index in [1.54, 1.807) is 0 Å². The quantitative estimate of drug-likeness (QED) is 0.910. The number of rotatable bonds is 3. The number of alkyl halides is 3. The topological polar surface area (TPSA) is 56.0 Å². The first kappa shape index (κ1) is 16.6. The van der Waals surface area contributed by atoms with E-state index in [0.29, 0.717) is 10.6 Å². The Bertz CT molecular complexity index is 702. The number of amides is 1. The summed E-state index contributed by atoms with van der Waals surface area (Å²) in [5, 5.41) is -0.233. The van der Waals surface area contributed by atoms with E-state index in [4.69, 9.17) is 28.9 Å². The van der Waals surface area contributed by atoms with Crippen molar-refractivity contribution in [3.8, 4) is 0 Å². The number of pyridine rings is 1. The summed E-state index contributed by atoms with van der Waals surface area (Å²) < 4.78 is 38.7. The highest BCUT2D eigenvalue weighted by molar-refractivity contribution is 6.32. The number of halogens is 5. The number of nitrogens with zero attached hydrogens (tertiary/aromatic N) is 1. The number of hydrogen-bond acceptors (Lipinski definition) is 2. The summed E-state index contributed by atoms with van der Waals surface area (Å²) in [6.45, 7) is 0. The molecule has 0 aliphatic heterocycles. The summed E-state index contributed by atoms with van der Waals surface area (Å²) in [7, 11) is 0.